The summed E-state index contributed by atoms with van der Waals surface area (Å²) >= 11 is 9.72. The summed E-state index contributed by atoms with van der Waals surface area (Å²) in [5.41, 5.74) is 1.98. The number of rotatable bonds is 0. The molecule has 16 heavy (non-hydrogen) atoms. The Labute approximate surface area is 109 Å². The highest BCUT2D eigenvalue weighted by molar-refractivity contribution is 9.10. The van der Waals surface area contributed by atoms with Gasteiger partial charge in [-0.25, -0.2) is 0 Å². The van der Waals surface area contributed by atoms with Gasteiger partial charge in [0.15, 0.2) is 0 Å². The molecule has 0 aliphatic heterocycles. The summed E-state index contributed by atoms with van der Waals surface area (Å²) in [5, 5.41) is 1.75. The second-order valence-electron chi connectivity index (χ2n) is 4.90. The predicted octanol–water partition coefficient (Wildman–Crippen LogP) is 4.95. The van der Waals surface area contributed by atoms with Crippen LogP contribution in [0.3, 0.4) is 0 Å². The van der Waals surface area contributed by atoms with E-state index in [0.29, 0.717) is 0 Å². The standard InChI is InChI=1S/C13H13BrClN/c1-13(2,3)12-7-10(15)9-6-8(14)4-5-11(9)16-12/h4-7H,1-3H3. The van der Waals surface area contributed by atoms with Crippen LogP contribution in [0.25, 0.3) is 10.9 Å². The van der Waals surface area contributed by atoms with Gasteiger partial charge in [-0.3, -0.25) is 4.98 Å². The van der Waals surface area contributed by atoms with Crippen LogP contribution in [0.15, 0.2) is 28.7 Å². The molecule has 3 heteroatoms. The van der Waals surface area contributed by atoms with E-state index in [0.717, 1.165) is 26.1 Å². The molecule has 2 rings (SSSR count). The van der Waals surface area contributed by atoms with E-state index in [1.807, 2.05) is 24.3 Å². The van der Waals surface area contributed by atoms with Crippen molar-refractivity contribution in [1.82, 2.24) is 4.98 Å². The highest BCUT2D eigenvalue weighted by atomic mass is 79.9. The molecule has 0 amide bonds. The van der Waals surface area contributed by atoms with Crippen LogP contribution in [0.5, 0.6) is 0 Å². The molecule has 0 aliphatic carbocycles. The number of hydrogen-bond acceptors (Lipinski definition) is 1. The van der Waals surface area contributed by atoms with Crippen molar-refractivity contribution in [2.24, 2.45) is 0 Å². The zero-order valence-corrected chi connectivity index (χ0v) is 11.9. The molecular weight excluding hydrogens is 286 g/mol. The van der Waals surface area contributed by atoms with Gasteiger partial charge in [-0.05, 0) is 24.3 Å². The number of benzene rings is 1. The monoisotopic (exact) mass is 297 g/mol. The summed E-state index contributed by atoms with van der Waals surface area (Å²) in [5.74, 6) is 0. The van der Waals surface area contributed by atoms with Crippen LogP contribution in [-0.4, -0.2) is 4.98 Å². The Morgan fingerprint density at radius 2 is 1.88 bits per heavy atom. The minimum atomic E-state index is 0.0188. The van der Waals surface area contributed by atoms with E-state index >= 15 is 0 Å². The second kappa shape index (κ2) is 4.01. The lowest BCUT2D eigenvalue weighted by atomic mass is 9.91. The first kappa shape index (κ1) is 11.9. The number of pyridine rings is 1. The van der Waals surface area contributed by atoms with Gasteiger partial charge in [-0.15, -0.1) is 0 Å². The Bertz CT molecular complexity index is 543. The first-order chi connectivity index (χ1) is 7.38. The van der Waals surface area contributed by atoms with Gasteiger partial charge in [0, 0.05) is 21.0 Å². The summed E-state index contributed by atoms with van der Waals surface area (Å²) in [6.07, 6.45) is 0. The fourth-order valence-corrected chi connectivity index (χ4v) is 2.16. The molecule has 1 nitrogen and oxygen atoms in total. The summed E-state index contributed by atoms with van der Waals surface area (Å²) < 4.78 is 1.02. The van der Waals surface area contributed by atoms with Crippen LogP contribution in [0.1, 0.15) is 26.5 Å². The number of hydrogen-bond donors (Lipinski definition) is 0. The Morgan fingerprint density at radius 3 is 2.50 bits per heavy atom. The van der Waals surface area contributed by atoms with E-state index in [9.17, 15) is 0 Å². The quantitative estimate of drug-likeness (QED) is 0.670. The maximum Gasteiger partial charge on any atom is 0.0721 e. The van der Waals surface area contributed by atoms with Crippen molar-refractivity contribution in [3.8, 4) is 0 Å². The van der Waals surface area contributed by atoms with E-state index in [1.54, 1.807) is 0 Å². The minimum Gasteiger partial charge on any atom is -0.252 e. The van der Waals surface area contributed by atoms with Gasteiger partial charge < -0.3 is 0 Å². The molecule has 84 valence electrons. The van der Waals surface area contributed by atoms with Crippen LogP contribution >= 0.6 is 27.5 Å². The molecule has 1 aromatic heterocycles. The third-order valence-corrected chi connectivity index (χ3v) is 3.29. The van der Waals surface area contributed by atoms with E-state index in [1.165, 1.54) is 0 Å². The summed E-state index contributed by atoms with van der Waals surface area (Å²) in [4.78, 5) is 4.64. The summed E-state index contributed by atoms with van der Waals surface area (Å²) in [6.45, 7) is 6.41. The van der Waals surface area contributed by atoms with E-state index in [4.69, 9.17) is 11.6 Å². The van der Waals surface area contributed by atoms with Gasteiger partial charge in [-0.2, -0.15) is 0 Å². The first-order valence-electron chi connectivity index (χ1n) is 5.14. The molecular formula is C13H13BrClN. The Kier molecular flexibility index (Phi) is 2.97. The van der Waals surface area contributed by atoms with Crippen molar-refractivity contribution >= 4 is 38.4 Å². The van der Waals surface area contributed by atoms with Gasteiger partial charge >= 0.3 is 0 Å². The number of aromatic nitrogens is 1. The average Bonchev–Trinajstić information content (AvgIpc) is 2.17. The molecule has 0 unspecified atom stereocenters. The topological polar surface area (TPSA) is 12.9 Å². The summed E-state index contributed by atoms with van der Waals surface area (Å²) in [6, 6.07) is 7.92. The van der Waals surface area contributed by atoms with Gasteiger partial charge in [0.05, 0.1) is 10.5 Å². The van der Waals surface area contributed by atoms with Gasteiger partial charge in [0.1, 0.15) is 0 Å². The Balaban J connectivity index is 2.74. The zero-order valence-electron chi connectivity index (χ0n) is 9.51. The maximum absolute atomic E-state index is 6.28. The van der Waals surface area contributed by atoms with Crippen molar-refractivity contribution < 1.29 is 0 Å². The van der Waals surface area contributed by atoms with E-state index < -0.39 is 0 Å². The predicted molar refractivity (Wildman–Crippen MR) is 73.2 cm³/mol. The lowest BCUT2D eigenvalue weighted by Gasteiger charge is -2.18. The minimum absolute atomic E-state index is 0.0188. The molecule has 0 saturated heterocycles. The summed E-state index contributed by atoms with van der Waals surface area (Å²) in [7, 11) is 0. The normalized spacial score (nSPS) is 12.1. The van der Waals surface area contributed by atoms with Crippen LogP contribution in [0.4, 0.5) is 0 Å². The third kappa shape index (κ3) is 2.23. The fraction of sp³-hybridized carbons (Fsp3) is 0.308. The molecule has 0 radical (unpaired) electrons. The average molecular weight is 299 g/mol. The van der Waals surface area contributed by atoms with Crippen LogP contribution < -0.4 is 0 Å². The Hall–Kier alpha value is -0.600. The van der Waals surface area contributed by atoms with Crippen molar-refractivity contribution in [2.45, 2.75) is 26.2 Å². The molecule has 0 fully saturated rings. The third-order valence-electron chi connectivity index (χ3n) is 2.49. The molecule has 0 atom stereocenters. The molecule has 2 aromatic rings. The highest BCUT2D eigenvalue weighted by Gasteiger charge is 2.17. The maximum atomic E-state index is 6.28. The lowest BCUT2D eigenvalue weighted by Crippen LogP contribution is -2.13. The fourth-order valence-electron chi connectivity index (χ4n) is 1.54. The largest absolute Gasteiger partial charge is 0.252 e. The zero-order chi connectivity index (χ0) is 11.9. The molecule has 1 aromatic carbocycles. The van der Waals surface area contributed by atoms with Crippen LogP contribution in [0, 0.1) is 0 Å². The number of halogens is 2. The second-order valence-corrected chi connectivity index (χ2v) is 6.22. The van der Waals surface area contributed by atoms with Crippen molar-refractivity contribution in [3.05, 3.63) is 39.5 Å². The molecule has 0 aliphatic rings. The highest BCUT2D eigenvalue weighted by Crippen LogP contribution is 2.30. The van der Waals surface area contributed by atoms with Gasteiger partial charge in [0.2, 0.25) is 0 Å². The number of fused-ring (bicyclic) bond motifs is 1. The van der Waals surface area contributed by atoms with Crippen molar-refractivity contribution in [1.29, 1.82) is 0 Å². The molecule has 1 heterocycles. The molecule has 0 bridgehead atoms. The van der Waals surface area contributed by atoms with Gasteiger partial charge in [-0.1, -0.05) is 48.3 Å². The van der Waals surface area contributed by atoms with E-state index in [2.05, 4.69) is 41.7 Å². The number of nitrogens with zero attached hydrogens (tertiary/aromatic N) is 1. The lowest BCUT2D eigenvalue weighted by molar-refractivity contribution is 0.571. The van der Waals surface area contributed by atoms with Crippen LogP contribution in [-0.2, 0) is 5.41 Å². The van der Waals surface area contributed by atoms with Crippen molar-refractivity contribution in [2.75, 3.05) is 0 Å². The smallest absolute Gasteiger partial charge is 0.0721 e. The molecule has 0 N–H and O–H groups in total. The van der Waals surface area contributed by atoms with E-state index in [-0.39, 0.29) is 5.41 Å². The van der Waals surface area contributed by atoms with Crippen molar-refractivity contribution in [3.63, 3.8) is 0 Å². The first-order valence-corrected chi connectivity index (χ1v) is 6.31. The molecule has 0 spiro atoms. The van der Waals surface area contributed by atoms with Gasteiger partial charge in [0.25, 0.3) is 0 Å². The molecule has 0 saturated carbocycles. The Morgan fingerprint density at radius 1 is 1.19 bits per heavy atom. The SMILES string of the molecule is CC(C)(C)c1cc(Cl)c2cc(Br)ccc2n1. The van der Waals surface area contributed by atoms with Crippen LogP contribution in [0.2, 0.25) is 5.02 Å².